The number of benzene rings is 1. The van der Waals surface area contributed by atoms with E-state index >= 15 is 0 Å². The van der Waals surface area contributed by atoms with E-state index in [2.05, 4.69) is 0 Å². The van der Waals surface area contributed by atoms with Crippen molar-refractivity contribution in [3.05, 3.63) is 24.0 Å². The van der Waals surface area contributed by atoms with Gasteiger partial charge < -0.3 is 10.5 Å². The largest absolute Gasteiger partial charge is 0.398 e. The molecule has 0 spiro atoms. The smallest absolute Gasteiger partial charge is 0.183 e. The highest BCUT2D eigenvalue weighted by molar-refractivity contribution is 7.91. The van der Waals surface area contributed by atoms with Gasteiger partial charge in [0.1, 0.15) is 5.82 Å². The van der Waals surface area contributed by atoms with Crippen LogP contribution in [-0.2, 0) is 14.6 Å². The second-order valence-corrected chi connectivity index (χ2v) is 7.50. The van der Waals surface area contributed by atoms with Crippen molar-refractivity contribution in [1.29, 1.82) is 0 Å². The van der Waals surface area contributed by atoms with Crippen LogP contribution in [0.15, 0.2) is 23.1 Å². The zero-order chi connectivity index (χ0) is 14.3. The van der Waals surface area contributed by atoms with Crippen LogP contribution < -0.4 is 5.73 Å². The van der Waals surface area contributed by atoms with E-state index in [1.807, 2.05) is 13.8 Å². The summed E-state index contributed by atoms with van der Waals surface area (Å²) < 4.78 is 43.3. The molecule has 1 unspecified atom stereocenters. The summed E-state index contributed by atoms with van der Waals surface area (Å²) in [6, 6.07) is 3.37. The molecule has 1 atom stereocenters. The molecule has 106 valence electrons. The molecule has 1 aliphatic heterocycles. The molecule has 2 rings (SSSR count). The number of rotatable bonds is 3. The standard InChI is InChI=1S/C13H18FNO3S/c1-13(2)6-5-10(18-13)8-19(16,17)12-7-9(14)3-4-11(12)15/h3-4,7,10H,5-6,8,15H2,1-2H3. The van der Waals surface area contributed by atoms with Crippen LogP contribution in [0, 0.1) is 5.82 Å². The monoisotopic (exact) mass is 287 g/mol. The van der Waals surface area contributed by atoms with E-state index < -0.39 is 15.7 Å². The fraction of sp³-hybridized carbons (Fsp3) is 0.538. The lowest BCUT2D eigenvalue weighted by molar-refractivity contribution is -0.00527. The van der Waals surface area contributed by atoms with Crippen molar-refractivity contribution in [3.8, 4) is 0 Å². The van der Waals surface area contributed by atoms with Crippen LogP contribution in [0.3, 0.4) is 0 Å². The van der Waals surface area contributed by atoms with Gasteiger partial charge in [0.15, 0.2) is 9.84 Å². The number of nitrogen functional groups attached to an aromatic ring is 1. The number of nitrogens with two attached hydrogens (primary N) is 1. The summed E-state index contributed by atoms with van der Waals surface area (Å²) in [5, 5.41) is 0. The van der Waals surface area contributed by atoms with Crippen LogP contribution in [-0.4, -0.2) is 25.9 Å². The first-order chi connectivity index (χ1) is 8.70. The molecule has 0 bridgehead atoms. The van der Waals surface area contributed by atoms with E-state index in [0.717, 1.165) is 18.6 Å². The predicted octanol–water partition coefficient (Wildman–Crippen LogP) is 2.14. The molecule has 6 heteroatoms. The topological polar surface area (TPSA) is 69.4 Å². The molecule has 19 heavy (non-hydrogen) atoms. The van der Waals surface area contributed by atoms with E-state index in [1.54, 1.807) is 0 Å². The van der Waals surface area contributed by atoms with E-state index in [4.69, 9.17) is 10.5 Å². The fourth-order valence-electron chi connectivity index (χ4n) is 2.31. The third-order valence-corrected chi connectivity index (χ3v) is 5.10. The fourth-order valence-corrected chi connectivity index (χ4v) is 3.93. The molecule has 0 aliphatic carbocycles. The number of ether oxygens (including phenoxy) is 1. The van der Waals surface area contributed by atoms with E-state index in [1.165, 1.54) is 6.07 Å². The molecular weight excluding hydrogens is 269 g/mol. The Morgan fingerprint density at radius 3 is 2.74 bits per heavy atom. The van der Waals surface area contributed by atoms with Gasteiger partial charge in [-0.05, 0) is 44.9 Å². The summed E-state index contributed by atoms with van der Waals surface area (Å²) >= 11 is 0. The van der Waals surface area contributed by atoms with Crippen molar-refractivity contribution in [3.63, 3.8) is 0 Å². The van der Waals surface area contributed by atoms with E-state index in [9.17, 15) is 12.8 Å². The molecule has 1 aromatic rings. The first-order valence-corrected chi connectivity index (χ1v) is 7.80. The Balaban J connectivity index is 2.22. The summed E-state index contributed by atoms with van der Waals surface area (Å²) in [6.45, 7) is 3.85. The molecule has 0 saturated carbocycles. The van der Waals surface area contributed by atoms with Gasteiger partial charge in [0.05, 0.1) is 28.0 Å². The van der Waals surface area contributed by atoms with Gasteiger partial charge in [0, 0.05) is 0 Å². The molecule has 0 radical (unpaired) electrons. The van der Waals surface area contributed by atoms with Gasteiger partial charge in [-0.15, -0.1) is 0 Å². The highest BCUT2D eigenvalue weighted by Gasteiger charge is 2.35. The number of hydrogen-bond donors (Lipinski definition) is 1. The summed E-state index contributed by atoms with van der Waals surface area (Å²) in [5.41, 5.74) is 5.39. The van der Waals surface area contributed by atoms with Crippen LogP contribution >= 0.6 is 0 Å². The first-order valence-electron chi connectivity index (χ1n) is 6.15. The molecule has 1 aliphatic rings. The van der Waals surface area contributed by atoms with Crippen LogP contribution in [0.1, 0.15) is 26.7 Å². The summed E-state index contributed by atoms with van der Waals surface area (Å²) in [4.78, 5) is -0.152. The van der Waals surface area contributed by atoms with Gasteiger partial charge >= 0.3 is 0 Å². The van der Waals surface area contributed by atoms with Gasteiger partial charge in [-0.25, -0.2) is 12.8 Å². The van der Waals surface area contributed by atoms with E-state index in [-0.39, 0.29) is 28.0 Å². The Bertz CT molecular complexity index is 584. The highest BCUT2D eigenvalue weighted by Crippen LogP contribution is 2.31. The maximum absolute atomic E-state index is 13.2. The van der Waals surface area contributed by atoms with Crippen molar-refractivity contribution in [2.45, 2.75) is 43.3 Å². The lowest BCUT2D eigenvalue weighted by atomic mass is 10.1. The molecule has 1 aromatic carbocycles. The third-order valence-electron chi connectivity index (χ3n) is 3.27. The molecule has 0 amide bonds. The van der Waals surface area contributed by atoms with Crippen molar-refractivity contribution in [2.24, 2.45) is 0 Å². The van der Waals surface area contributed by atoms with E-state index in [0.29, 0.717) is 6.42 Å². The number of hydrogen-bond acceptors (Lipinski definition) is 4. The zero-order valence-corrected chi connectivity index (χ0v) is 11.8. The molecule has 0 aromatic heterocycles. The van der Waals surface area contributed by atoms with Gasteiger partial charge in [-0.2, -0.15) is 0 Å². The lowest BCUT2D eigenvalue weighted by Gasteiger charge is -2.19. The minimum Gasteiger partial charge on any atom is -0.398 e. The first kappa shape index (κ1) is 14.3. The van der Waals surface area contributed by atoms with Crippen LogP contribution in [0.5, 0.6) is 0 Å². The molecular formula is C13H18FNO3S. The molecule has 1 heterocycles. The summed E-state index contributed by atoms with van der Waals surface area (Å²) in [5.74, 6) is -0.773. The van der Waals surface area contributed by atoms with Gasteiger partial charge in [-0.3, -0.25) is 0 Å². The van der Waals surface area contributed by atoms with Crippen molar-refractivity contribution >= 4 is 15.5 Å². The Kier molecular flexibility index (Phi) is 3.57. The average molecular weight is 287 g/mol. The Morgan fingerprint density at radius 2 is 2.16 bits per heavy atom. The number of halogens is 1. The summed E-state index contributed by atoms with van der Waals surface area (Å²) in [7, 11) is -3.64. The zero-order valence-electron chi connectivity index (χ0n) is 11.0. The van der Waals surface area contributed by atoms with Crippen LogP contribution in [0.4, 0.5) is 10.1 Å². The van der Waals surface area contributed by atoms with Crippen molar-refractivity contribution in [1.82, 2.24) is 0 Å². The second-order valence-electron chi connectivity index (χ2n) is 5.50. The highest BCUT2D eigenvalue weighted by atomic mass is 32.2. The van der Waals surface area contributed by atoms with Crippen molar-refractivity contribution in [2.75, 3.05) is 11.5 Å². The van der Waals surface area contributed by atoms with Crippen molar-refractivity contribution < 1.29 is 17.5 Å². The molecule has 2 N–H and O–H groups in total. The lowest BCUT2D eigenvalue weighted by Crippen LogP contribution is -2.26. The van der Waals surface area contributed by atoms with Crippen LogP contribution in [0.25, 0.3) is 0 Å². The normalized spacial score (nSPS) is 22.6. The quantitative estimate of drug-likeness (QED) is 0.865. The molecule has 1 saturated heterocycles. The third kappa shape index (κ3) is 3.25. The minimum absolute atomic E-state index is 0.0682. The van der Waals surface area contributed by atoms with Gasteiger partial charge in [0.25, 0.3) is 0 Å². The number of anilines is 1. The van der Waals surface area contributed by atoms with Crippen LogP contribution in [0.2, 0.25) is 0 Å². The second kappa shape index (κ2) is 4.76. The van der Waals surface area contributed by atoms with Gasteiger partial charge in [0.2, 0.25) is 0 Å². The molecule has 4 nitrogen and oxygen atoms in total. The minimum atomic E-state index is -3.64. The SMILES string of the molecule is CC1(C)CCC(CS(=O)(=O)c2cc(F)ccc2N)O1. The Hall–Kier alpha value is -1.14. The maximum Gasteiger partial charge on any atom is 0.183 e. The average Bonchev–Trinajstić information content (AvgIpc) is 2.60. The van der Waals surface area contributed by atoms with Gasteiger partial charge in [-0.1, -0.05) is 0 Å². The number of sulfone groups is 1. The predicted molar refractivity (Wildman–Crippen MR) is 71.1 cm³/mol. The molecule has 1 fully saturated rings. The maximum atomic E-state index is 13.2. The Labute approximate surface area is 112 Å². The Morgan fingerprint density at radius 1 is 1.47 bits per heavy atom. The summed E-state index contributed by atoms with van der Waals surface area (Å²) in [6.07, 6.45) is 1.13.